The summed E-state index contributed by atoms with van der Waals surface area (Å²) in [6, 6.07) is 3.54. The normalized spacial score (nSPS) is 11.4. The molecule has 0 spiro atoms. The van der Waals surface area contributed by atoms with Crippen LogP contribution in [-0.2, 0) is 24.1 Å². The van der Waals surface area contributed by atoms with Crippen molar-refractivity contribution >= 4 is 15.8 Å². The van der Waals surface area contributed by atoms with Gasteiger partial charge in [-0.3, -0.25) is 14.1 Å². The van der Waals surface area contributed by atoms with Gasteiger partial charge in [-0.2, -0.15) is 4.39 Å². The van der Waals surface area contributed by atoms with Crippen molar-refractivity contribution in [2.24, 2.45) is 14.1 Å². The number of anilines is 1. The van der Waals surface area contributed by atoms with E-state index >= 15 is 0 Å². The summed E-state index contributed by atoms with van der Waals surface area (Å²) in [5.74, 6) is -1.14. The van der Waals surface area contributed by atoms with Gasteiger partial charge in [-0.25, -0.2) is 18.2 Å². The van der Waals surface area contributed by atoms with Gasteiger partial charge in [0, 0.05) is 20.3 Å². The Bertz CT molecular complexity index is 917. The van der Waals surface area contributed by atoms with Crippen LogP contribution in [-0.4, -0.2) is 22.5 Å². The van der Waals surface area contributed by atoms with Crippen LogP contribution >= 0.6 is 0 Å². The van der Waals surface area contributed by atoms with Crippen molar-refractivity contribution in [2.45, 2.75) is 4.90 Å². The van der Waals surface area contributed by atoms with Crippen molar-refractivity contribution in [2.75, 3.05) is 4.72 Å². The molecule has 0 saturated carbocycles. The first kappa shape index (κ1) is 14.9. The molecule has 21 heavy (non-hydrogen) atoms. The van der Waals surface area contributed by atoms with Crippen LogP contribution in [0, 0.1) is 5.95 Å². The summed E-state index contributed by atoms with van der Waals surface area (Å²) < 4.78 is 40.8. The van der Waals surface area contributed by atoms with Gasteiger partial charge in [-0.1, -0.05) is 6.07 Å². The van der Waals surface area contributed by atoms with Crippen LogP contribution in [0.4, 0.5) is 10.2 Å². The Morgan fingerprint density at radius 1 is 1.24 bits per heavy atom. The number of rotatable bonds is 3. The van der Waals surface area contributed by atoms with Crippen LogP contribution < -0.4 is 16.0 Å². The second-order valence-corrected chi connectivity index (χ2v) is 5.85. The number of halogens is 1. The zero-order valence-electron chi connectivity index (χ0n) is 11.1. The van der Waals surface area contributed by atoms with E-state index in [4.69, 9.17) is 0 Å². The third kappa shape index (κ3) is 2.84. The predicted molar refractivity (Wildman–Crippen MR) is 71.9 cm³/mol. The molecule has 0 unspecified atom stereocenters. The minimum atomic E-state index is -4.29. The van der Waals surface area contributed by atoms with Gasteiger partial charge in [0.25, 0.3) is 15.6 Å². The first-order valence-corrected chi connectivity index (χ1v) is 7.13. The summed E-state index contributed by atoms with van der Waals surface area (Å²) in [7, 11) is -1.83. The molecule has 2 heterocycles. The summed E-state index contributed by atoms with van der Waals surface area (Å²) in [6.45, 7) is 0. The van der Waals surface area contributed by atoms with Crippen molar-refractivity contribution in [1.82, 2.24) is 14.1 Å². The third-order valence-corrected chi connectivity index (χ3v) is 4.00. The SMILES string of the molecule is Cn1cc(S(=O)(=O)Nc2cccc(F)n2)c(=O)n(C)c1=O. The minimum absolute atomic E-state index is 0.272. The molecule has 2 aromatic rings. The maximum absolute atomic E-state index is 12.9. The number of sulfonamides is 1. The first-order valence-electron chi connectivity index (χ1n) is 5.64. The average molecular weight is 314 g/mol. The summed E-state index contributed by atoms with van der Waals surface area (Å²) in [4.78, 5) is 26.1. The van der Waals surface area contributed by atoms with Crippen molar-refractivity contribution in [3.63, 3.8) is 0 Å². The number of nitrogens with one attached hydrogen (secondary N) is 1. The van der Waals surface area contributed by atoms with E-state index in [0.29, 0.717) is 4.57 Å². The molecular weight excluding hydrogens is 303 g/mol. The number of hydrogen-bond acceptors (Lipinski definition) is 5. The van der Waals surface area contributed by atoms with Crippen molar-refractivity contribution in [3.05, 3.63) is 51.2 Å². The van der Waals surface area contributed by atoms with Gasteiger partial charge in [0.1, 0.15) is 5.82 Å². The largest absolute Gasteiger partial charge is 0.330 e. The van der Waals surface area contributed by atoms with E-state index in [9.17, 15) is 22.4 Å². The van der Waals surface area contributed by atoms with E-state index in [2.05, 4.69) is 4.98 Å². The van der Waals surface area contributed by atoms with E-state index < -0.39 is 32.1 Å². The molecule has 0 fully saturated rings. The molecule has 0 radical (unpaired) electrons. The Morgan fingerprint density at radius 2 is 1.90 bits per heavy atom. The number of aryl methyl sites for hydroxylation is 1. The molecule has 0 aliphatic rings. The van der Waals surface area contributed by atoms with E-state index in [0.717, 1.165) is 23.9 Å². The molecule has 0 aliphatic carbocycles. The maximum Gasteiger partial charge on any atom is 0.330 e. The lowest BCUT2D eigenvalue weighted by Crippen LogP contribution is -2.40. The highest BCUT2D eigenvalue weighted by atomic mass is 32.2. The Morgan fingerprint density at radius 3 is 2.52 bits per heavy atom. The molecule has 0 aromatic carbocycles. The van der Waals surface area contributed by atoms with Crippen LogP contribution in [0.3, 0.4) is 0 Å². The quantitative estimate of drug-likeness (QED) is 0.763. The number of pyridine rings is 1. The summed E-state index contributed by atoms with van der Waals surface area (Å²) in [6.07, 6.45) is 0.895. The Balaban J connectivity index is 2.56. The van der Waals surface area contributed by atoms with Crippen LogP contribution in [0.2, 0.25) is 0 Å². The number of hydrogen-bond donors (Lipinski definition) is 1. The second-order valence-electron chi connectivity index (χ2n) is 4.20. The summed E-state index contributed by atoms with van der Waals surface area (Å²) in [5, 5.41) is 0. The lowest BCUT2D eigenvalue weighted by Gasteiger charge is -2.09. The molecular formula is C11H11FN4O4S. The molecule has 1 N–H and O–H groups in total. The van der Waals surface area contributed by atoms with Gasteiger partial charge in [0.05, 0.1) is 0 Å². The molecule has 0 aliphatic heterocycles. The monoisotopic (exact) mass is 314 g/mol. The van der Waals surface area contributed by atoms with Crippen LogP contribution in [0.15, 0.2) is 38.9 Å². The Hall–Kier alpha value is -2.49. The fourth-order valence-corrected chi connectivity index (χ4v) is 2.78. The Labute approximate surface area is 118 Å². The van der Waals surface area contributed by atoms with Gasteiger partial charge in [0.2, 0.25) is 5.95 Å². The zero-order chi connectivity index (χ0) is 15.8. The maximum atomic E-state index is 12.9. The third-order valence-electron chi connectivity index (χ3n) is 2.66. The van der Waals surface area contributed by atoms with Gasteiger partial charge < -0.3 is 4.57 Å². The fraction of sp³-hybridized carbons (Fsp3) is 0.182. The van der Waals surface area contributed by atoms with Gasteiger partial charge in [0.15, 0.2) is 4.90 Å². The molecule has 0 bridgehead atoms. The second kappa shape index (κ2) is 5.13. The van der Waals surface area contributed by atoms with Crippen molar-refractivity contribution in [3.8, 4) is 0 Å². The van der Waals surface area contributed by atoms with Crippen LogP contribution in [0.1, 0.15) is 0 Å². The smallest absolute Gasteiger partial charge is 0.302 e. The topological polar surface area (TPSA) is 103 Å². The average Bonchev–Trinajstić information content (AvgIpc) is 2.40. The van der Waals surface area contributed by atoms with Crippen LogP contribution in [0.5, 0.6) is 0 Å². The van der Waals surface area contributed by atoms with E-state index in [1.54, 1.807) is 0 Å². The van der Waals surface area contributed by atoms with Crippen LogP contribution in [0.25, 0.3) is 0 Å². The molecule has 10 heteroatoms. The molecule has 112 valence electrons. The van der Waals surface area contributed by atoms with E-state index in [-0.39, 0.29) is 5.82 Å². The molecule has 0 amide bonds. The lowest BCUT2D eigenvalue weighted by molar-refractivity contribution is 0.582. The van der Waals surface area contributed by atoms with Gasteiger partial charge in [-0.15, -0.1) is 0 Å². The number of nitrogens with zero attached hydrogens (tertiary/aromatic N) is 3. The summed E-state index contributed by atoms with van der Waals surface area (Å²) in [5.41, 5.74) is -1.65. The minimum Gasteiger partial charge on any atom is -0.302 e. The number of aromatic nitrogens is 3. The van der Waals surface area contributed by atoms with Gasteiger partial charge in [-0.05, 0) is 12.1 Å². The van der Waals surface area contributed by atoms with E-state index in [1.807, 2.05) is 4.72 Å². The molecule has 0 atom stereocenters. The van der Waals surface area contributed by atoms with Gasteiger partial charge >= 0.3 is 5.69 Å². The highest BCUT2D eigenvalue weighted by molar-refractivity contribution is 7.92. The first-order chi connectivity index (χ1) is 9.72. The zero-order valence-corrected chi connectivity index (χ0v) is 11.9. The molecule has 8 nitrogen and oxygen atoms in total. The lowest BCUT2D eigenvalue weighted by atomic mass is 10.5. The highest BCUT2D eigenvalue weighted by Crippen LogP contribution is 2.10. The van der Waals surface area contributed by atoms with E-state index in [1.165, 1.54) is 19.2 Å². The van der Waals surface area contributed by atoms with Crippen molar-refractivity contribution < 1.29 is 12.8 Å². The Kier molecular flexibility index (Phi) is 3.64. The molecule has 0 saturated heterocycles. The van der Waals surface area contributed by atoms with Crippen molar-refractivity contribution in [1.29, 1.82) is 0 Å². The molecule has 2 rings (SSSR count). The summed E-state index contributed by atoms with van der Waals surface area (Å²) >= 11 is 0. The fourth-order valence-electron chi connectivity index (χ4n) is 1.62. The molecule has 2 aromatic heterocycles. The predicted octanol–water partition coefficient (Wildman–Crippen LogP) is -0.581. The standard InChI is InChI=1S/C11H11FN4O4S/c1-15-6-7(10(17)16(2)11(15)18)21(19,20)14-9-5-3-4-8(12)13-9/h3-6H,1-2H3,(H,13,14). The highest BCUT2D eigenvalue weighted by Gasteiger charge is 2.22.